The molecule has 0 aromatic carbocycles. The molecule has 0 aromatic heterocycles. The van der Waals surface area contributed by atoms with Crippen molar-refractivity contribution in [3.05, 3.63) is 0 Å². The maximum Gasteiger partial charge on any atom is 0.00672 e. The van der Waals surface area contributed by atoms with Crippen molar-refractivity contribution in [3.8, 4) is 0 Å². The quantitative estimate of drug-likeness (QED) is 0.705. The van der Waals surface area contributed by atoms with E-state index in [2.05, 4.69) is 46.9 Å². The maximum atomic E-state index is 3.83. The van der Waals surface area contributed by atoms with Crippen molar-refractivity contribution >= 4 is 0 Å². The molecule has 108 valence electrons. The van der Waals surface area contributed by atoms with Gasteiger partial charge in [0.1, 0.15) is 0 Å². The molecule has 0 aliphatic heterocycles. The SMILES string of the molecule is CC(C)C1CCCC(NCC(C)C(C)(C)C)CC1. The van der Waals surface area contributed by atoms with E-state index in [1.165, 1.54) is 38.6 Å². The Labute approximate surface area is 115 Å². The van der Waals surface area contributed by atoms with Gasteiger partial charge < -0.3 is 5.32 Å². The van der Waals surface area contributed by atoms with Crippen molar-refractivity contribution in [2.75, 3.05) is 6.54 Å². The molecule has 1 rings (SSSR count). The van der Waals surface area contributed by atoms with Crippen LogP contribution in [0.15, 0.2) is 0 Å². The van der Waals surface area contributed by atoms with Gasteiger partial charge in [-0.15, -0.1) is 0 Å². The Morgan fingerprint density at radius 2 is 1.67 bits per heavy atom. The zero-order valence-corrected chi connectivity index (χ0v) is 13.6. The summed E-state index contributed by atoms with van der Waals surface area (Å²) in [6.45, 7) is 15.4. The van der Waals surface area contributed by atoms with E-state index in [0.29, 0.717) is 5.41 Å². The lowest BCUT2D eigenvalue weighted by molar-refractivity contribution is 0.241. The molecule has 0 amide bonds. The Morgan fingerprint density at radius 1 is 1.00 bits per heavy atom. The standard InChI is InChI=1S/C17H35N/c1-13(2)15-8-7-9-16(11-10-15)18-12-14(3)17(4,5)6/h13-16,18H,7-12H2,1-6H3. The van der Waals surface area contributed by atoms with Crippen LogP contribution in [0.25, 0.3) is 0 Å². The Balaban J connectivity index is 2.32. The summed E-state index contributed by atoms with van der Waals surface area (Å²) in [4.78, 5) is 0. The first-order chi connectivity index (χ1) is 8.30. The Kier molecular flexibility index (Phi) is 6.17. The summed E-state index contributed by atoms with van der Waals surface area (Å²) in [5, 5.41) is 3.83. The zero-order valence-electron chi connectivity index (χ0n) is 13.6. The van der Waals surface area contributed by atoms with Gasteiger partial charge in [0, 0.05) is 6.04 Å². The van der Waals surface area contributed by atoms with Gasteiger partial charge in [0.05, 0.1) is 0 Å². The van der Waals surface area contributed by atoms with E-state index >= 15 is 0 Å². The van der Waals surface area contributed by atoms with Gasteiger partial charge in [0.15, 0.2) is 0 Å². The van der Waals surface area contributed by atoms with Gasteiger partial charge in [0.25, 0.3) is 0 Å². The largest absolute Gasteiger partial charge is 0.314 e. The van der Waals surface area contributed by atoms with Crippen LogP contribution in [-0.4, -0.2) is 12.6 Å². The van der Waals surface area contributed by atoms with E-state index in [9.17, 15) is 0 Å². The molecule has 0 heterocycles. The number of nitrogens with one attached hydrogen (secondary N) is 1. The summed E-state index contributed by atoms with van der Waals surface area (Å²) in [7, 11) is 0. The third-order valence-electron chi connectivity index (χ3n) is 5.15. The van der Waals surface area contributed by atoms with Crippen LogP contribution in [0.5, 0.6) is 0 Å². The molecule has 1 aliphatic rings. The molecule has 0 bridgehead atoms. The molecule has 1 saturated carbocycles. The minimum absolute atomic E-state index is 0.429. The van der Waals surface area contributed by atoms with Crippen molar-refractivity contribution < 1.29 is 0 Å². The Morgan fingerprint density at radius 3 is 2.22 bits per heavy atom. The van der Waals surface area contributed by atoms with Gasteiger partial charge in [-0.25, -0.2) is 0 Å². The van der Waals surface area contributed by atoms with Gasteiger partial charge in [0.2, 0.25) is 0 Å². The van der Waals surface area contributed by atoms with Crippen molar-refractivity contribution in [2.45, 2.75) is 79.7 Å². The minimum Gasteiger partial charge on any atom is -0.314 e. The van der Waals surface area contributed by atoms with E-state index in [1.807, 2.05) is 0 Å². The molecule has 1 fully saturated rings. The van der Waals surface area contributed by atoms with E-state index in [1.54, 1.807) is 0 Å². The third kappa shape index (κ3) is 5.30. The van der Waals surface area contributed by atoms with Crippen molar-refractivity contribution in [1.82, 2.24) is 5.32 Å². The lowest BCUT2D eigenvalue weighted by Crippen LogP contribution is -2.36. The first-order valence-electron chi connectivity index (χ1n) is 8.04. The third-order valence-corrected chi connectivity index (χ3v) is 5.15. The van der Waals surface area contributed by atoms with E-state index in [4.69, 9.17) is 0 Å². The number of rotatable bonds is 4. The van der Waals surface area contributed by atoms with E-state index < -0.39 is 0 Å². The highest BCUT2D eigenvalue weighted by Crippen LogP contribution is 2.29. The summed E-state index contributed by atoms with van der Waals surface area (Å²) in [5.41, 5.74) is 0.429. The van der Waals surface area contributed by atoms with E-state index in [0.717, 1.165) is 23.8 Å². The molecule has 0 spiro atoms. The van der Waals surface area contributed by atoms with Crippen molar-refractivity contribution in [3.63, 3.8) is 0 Å². The fraction of sp³-hybridized carbons (Fsp3) is 1.00. The van der Waals surface area contributed by atoms with Crippen LogP contribution < -0.4 is 5.32 Å². The van der Waals surface area contributed by atoms with Crippen LogP contribution in [0.3, 0.4) is 0 Å². The smallest absolute Gasteiger partial charge is 0.00672 e. The average Bonchev–Trinajstić information content (AvgIpc) is 2.49. The topological polar surface area (TPSA) is 12.0 Å². The molecule has 1 N–H and O–H groups in total. The predicted octanol–water partition coefficient (Wildman–Crippen LogP) is 4.86. The Bertz CT molecular complexity index is 226. The molecule has 3 unspecified atom stereocenters. The monoisotopic (exact) mass is 253 g/mol. The lowest BCUT2D eigenvalue weighted by Gasteiger charge is -2.29. The molecule has 0 radical (unpaired) electrons. The summed E-state index contributed by atoms with van der Waals surface area (Å²) in [6.07, 6.45) is 7.08. The molecule has 1 heteroatoms. The van der Waals surface area contributed by atoms with E-state index in [-0.39, 0.29) is 0 Å². The predicted molar refractivity (Wildman–Crippen MR) is 81.8 cm³/mol. The molecule has 3 atom stereocenters. The maximum absolute atomic E-state index is 3.83. The normalized spacial score (nSPS) is 28.2. The zero-order chi connectivity index (χ0) is 13.8. The summed E-state index contributed by atoms with van der Waals surface area (Å²) < 4.78 is 0. The summed E-state index contributed by atoms with van der Waals surface area (Å²) >= 11 is 0. The second-order valence-electron chi connectivity index (χ2n) is 7.88. The molecular weight excluding hydrogens is 218 g/mol. The van der Waals surface area contributed by atoms with Crippen LogP contribution in [0, 0.1) is 23.2 Å². The summed E-state index contributed by atoms with van der Waals surface area (Å²) in [5.74, 6) is 2.59. The van der Waals surface area contributed by atoms with Crippen molar-refractivity contribution in [2.24, 2.45) is 23.2 Å². The fourth-order valence-electron chi connectivity index (χ4n) is 2.85. The van der Waals surface area contributed by atoms with Gasteiger partial charge in [-0.2, -0.15) is 0 Å². The Hall–Kier alpha value is -0.0400. The molecule has 1 nitrogen and oxygen atoms in total. The lowest BCUT2D eigenvalue weighted by atomic mass is 9.82. The van der Waals surface area contributed by atoms with Crippen molar-refractivity contribution in [1.29, 1.82) is 0 Å². The van der Waals surface area contributed by atoms with Gasteiger partial charge in [-0.3, -0.25) is 0 Å². The van der Waals surface area contributed by atoms with Gasteiger partial charge >= 0.3 is 0 Å². The van der Waals surface area contributed by atoms with Crippen LogP contribution in [-0.2, 0) is 0 Å². The number of hydrogen-bond acceptors (Lipinski definition) is 1. The first-order valence-corrected chi connectivity index (χ1v) is 8.04. The first kappa shape index (κ1) is 16.0. The second kappa shape index (κ2) is 6.93. The molecular formula is C17H35N. The molecule has 0 aromatic rings. The highest BCUT2D eigenvalue weighted by molar-refractivity contribution is 4.79. The van der Waals surface area contributed by atoms with Crippen LogP contribution in [0.2, 0.25) is 0 Å². The minimum atomic E-state index is 0.429. The van der Waals surface area contributed by atoms with Crippen LogP contribution >= 0.6 is 0 Å². The summed E-state index contributed by atoms with van der Waals surface area (Å²) in [6, 6.07) is 0.776. The molecule has 18 heavy (non-hydrogen) atoms. The average molecular weight is 253 g/mol. The second-order valence-corrected chi connectivity index (χ2v) is 7.88. The van der Waals surface area contributed by atoms with Gasteiger partial charge in [-0.1, -0.05) is 54.4 Å². The van der Waals surface area contributed by atoms with Gasteiger partial charge in [-0.05, 0) is 49.0 Å². The van der Waals surface area contributed by atoms with Crippen LogP contribution in [0.1, 0.15) is 73.6 Å². The number of hydrogen-bond donors (Lipinski definition) is 1. The highest BCUT2D eigenvalue weighted by Gasteiger charge is 2.23. The van der Waals surface area contributed by atoms with Crippen LogP contribution in [0.4, 0.5) is 0 Å². The fourth-order valence-corrected chi connectivity index (χ4v) is 2.85. The molecule has 1 aliphatic carbocycles. The molecule has 0 saturated heterocycles. The highest BCUT2D eigenvalue weighted by atomic mass is 14.9.